The van der Waals surface area contributed by atoms with Crippen molar-refractivity contribution in [3.8, 4) is 0 Å². The van der Waals surface area contributed by atoms with Crippen molar-refractivity contribution in [2.75, 3.05) is 0 Å². The highest BCUT2D eigenvalue weighted by atomic mass is 16.6. The average molecular weight is 366 g/mol. The van der Waals surface area contributed by atoms with Crippen LogP contribution in [-0.4, -0.2) is 27.6 Å². The van der Waals surface area contributed by atoms with Crippen LogP contribution in [0.3, 0.4) is 0 Å². The monoisotopic (exact) mass is 366 g/mol. The molecule has 0 fully saturated rings. The molecule has 1 heterocycles. The Labute approximate surface area is 153 Å². The summed E-state index contributed by atoms with van der Waals surface area (Å²) in [5, 5.41) is 10.7. The minimum atomic E-state index is -0.842. The second kappa shape index (κ2) is 7.20. The van der Waals surface area contributed by atoms with Crippen LogP contribution < -0.4 is 0 Å². The number of benzene rings is 2. The van der Waals surface area contributed by atoms with Gasteiger partial charge in [-0.2, -0.15) is 0 Å². The van der Waals surface area contributed by atoms with Gasteiger partial charge >= 0.3 is 5.97 Å². The van der Waals surface area contributed by atoms with Crippen LogP contribution in [0.25, 0.3) is 0 Å². The number of nitrogens with zero attached hydrogens (tertiary/aromatic N) is 2. The third-order valence-electron chi connectivity index (χ3n) is 4.03. The van der Waals surface area contributed by atoms with Crippen molar-refractivity contribution in [2.24, 2.45) is 0 Å². The lowest BCUT2D eigenvalue weighted by Crippen LogP contribution is -2.33. The van der Waals surface area contributed by atoms with Gasteiger partial charge in [0.25, 0.3) is 17.5 Å². The molecule has 1 aliphatic rings. The number of hydrogen-bond donors (Lipinski definition) is 0. The van der Waals surface area contributed by atoms with Gasteiger partial charge in [-0.3, -0.25) is 19.7 Å². The van der Waals surface area contributed by atoms with Gasteiger partial charge in [0.15, 0.2) is 0 Å². The first-order valence-corrected chi connectivity index (χ1v) is 7.98. The Morgan fingerprint density at radius 2 is 1.63 bits per heavy atom. The van der Waals surface area contributed by atoms with Gasteiger partial charge in [0.1, 0.15) is 12.3 Å². The minimum absolute atomic E-state index is 0.0785. The molecule has 0 saturated heterocycles. The van der Waals surface area contributed by atoms with E-state index in [9.17, 15) is 24.5 Å². The van der Waals surface area contributed by atoms with Gasteiger partial charge in [-0.1, -0.05) is 18.2 Å². The molecule has 0 aliphatic carbocycles. The van der Waals surface area contributed by atoms with E-state index in [1.807, 2.05) is 0 Å². The second-order valence-electron chi connectivity index (χ2n) is 5.66. The van der Waals surface area contributed by atoms with Gasteiger partial charge in [-0.15, -0.1) is 0 Å². The van der Waals surface area contributed by atoms with E-state index >= 15 is 0 Å². The van der Waals surface area contributed by atoms with Crippen molar-refractivity contribution in [2.45, 2.75) is 13.5 Å². The topological polar surface area (TPSA) is 107 Å². The molecular weight excluding hydrogens is 352 g/mol. The van der Waals surface area contributed by atoms with E-state index < -0.39 is 22.7 Å². The lowest BCUT2D eigenvalue weighted by Gasteiger charge is -2.16. The Kier molecular flexibility index (Phi) is 4.80. The number of rotatable bonds is 5. The summed E-state index contributed by atoms with van der Waals surface area (Å²) in [6.07, 6.45) is 1.33. The van der Waals surface area contributed by atoms with Crippen molar-refractivity contribution < 1.29 is 24.0 Å². The van der Waals surface area contributed by atoms with E-state index in [1.54, 1.807) is 12.1 Å². The van der Waals surface area contributed by atoms with E-state index in [4.69, 9.17) is 4.74 Å². The molecule has 0 radical (unpaired) electrons. The average Bonchev–Trinajstić information content (AvgIpc) is 2.93. The van der Waals surface area contributed by atoms with Crippen molar-refractivity contribution in [1.29, 1.82) is 0 Å². The molecule has 0 bridgehead atoms. The number of hydrogen-bond acceptors (Lipinski definition) is 6. The van der Waals surface area contributed by atoms with E-state index in [2.05, 4.69) is 0 Å². The molecule has 136 valence electrons. The molecule has 8 nitrogen and oxygen atoms in total. The number of nitro groups is 1. The molecule has 0 aromatic heterocycles. The fourth-order valence-electron chi connectivity index (χ4n) is 2.68. The Balaban J connectivity index is 1.73. The summed E-state index contributed by atoms with van der Waals surface area (Å²) in [6, 6.07) is 11.8. The number of carbonyl (C=O) groups is 3. The van der Waals surface area contributed by atoms with Crippen LogP contribution in [0, 0.1) is 10.1 Å². The molecule has 0 atom stereocenters. The first kappa shape index (κ1) is 18.0. The lowest BCUT2D eigenvalue weighted by molar-refractivity contribution is -0.384. The molecule has 8 heteroatoms. The normalized spacial score (nSPS) is 13.5. The Hall–Kier alpha value is -3.81. The number of carbonyl (C=O) groups excluding carboxylic acids is 3. The van der Waals surface area contributed by atoms with Crippen molar-refractivity contribution >= 4 is 23.5 Å². The molecule has 2 aromatic rings. The summed E-state index contributed by atoms with van der Waals surface area (Å²) < 4.78 is 5.17. The molecule has 0 saturated carbocycles. The molecule has 0 spiro atoms. The van der Waals surface area contributed by atoms with E-state index in [-0.39, 0.29) is 29.1 Å². The lowest BCUT2D eigenvalue weighted by atomic mass is 10.1. The molecule has 27 heavy (non-hydrogen) atoms. The van der Waals surface area contributed by atoms with Crippen LogP contribution in [-0.2, 0) is 16.1 Å². The number of non-ortho nitro benzene ring substituents is 1. The Morgan fingerprint density at radius 3 is 2.11 bits per heavy atom. The second-order valence-corrected chi connectivity index (χ2v) is 5.66. The van der Waals surface area contributed by atoms with Crippen LogP contribution in [0.1, 0.15) is 33.2 Å². The van der Waals surface area contributed by atoms with Crippen LogP contribution in [0.4, 0.5) is 5.69 Å². The number of allylic oxidation sites excluding steroid dienone is 1. The maximum atomic E-state index is 12.5. The number of nitro benzene ring substituents is 1. The smallest absolute Gasteiger partial charge is 0.355 e. The van der Waals surface area contributed by atoms with Crippen LogP contribution in [0.5, 0.6) is 0 Å². The first-order valence-electron chi connectivity index (χ1n) is 7.98. The van der Waals surface area contributed by atoms with Gasteiger partial charge in [-0.25, -0.2) is 9.69 Å². The Morgan fingerprint density at radius 1 is 1.07 bits per heavy atom. The molecule has 3 rings (SSSR count). The Bertz CT molecular complexity index is 943. The number of amides is 2. The molecule has 1 aliphatic heterocycles. The third-order valence-corrected chi connectivity index (χ3v) is 4.03. The highest BCUT2D eigenvalue weighted by Gasteiger charge is 2.39. The maximum Gasteiger partial charge on any atom is 0.355 e. The molecule has 2 aromatic carbocycles. The largest absolute Gasteiger partial charge is 0.456 e. The fraction of sp³-hybridized carbons (Fsp3) is 0.105. The maximum absolute atomic E-state index is 12.5. The van der Waals surface area contributed by atoms with Crippen molar-refractivity contribution in [3.05, 3.63) is 87.1 Å². The molecule has 2 amide bonds. The standard InChI is InChI=1S/C19H14N2O6/c1-2-16(20-17(22)14-5-3-4-6-15(14)18(20)23)19(24)27-11-12-7-9-13(10-8-12)21(25)26/h2-10H,11H2,1H3/b16-2+. The first-order chi connectivity index (χ1) is 12.9. The quantitative estimate of drug-likeness (QED) is 0.265. The van der Waals surface area contributed by atoms with Crippen LogP contribution in [0.15, 0.2) is 60.3 Å². The van der Waals surface area contributed by atoms with Gasteiger partial charge in [-0.05, 0) is 36.8 Å². The predicted molar refractivity (Wildman–Crippen MR) is 93.6 cm³/mol. The van der Waals surface area contributed by atoms with Gasteiger partial charge < -0.3 is 4.74 Å². The minimum Gasteiger partial charge on any atom is -0.456 e. The summed E-state index contributed by atoms with van der Waals surface area (Å²) >= 11 is 0. The van der Waals surface area contributed by atoms with Gasteiger partial charge in [0.05, 0.1) is 16.1 Å². The van der Waals surface area contributed by atoms with E-state index in [1.165, 1.54) is 49.4 Å². The van der Waals surface area contributed by atoms with Crippen molar-refractivity contribution in [3.63, 3.8) is 0 Å². The molecule has 0 unspecified atom stereocenters. The van der Waals surface area contributed by atoms with E-state index in [0.29, 0.717) is 5.56 Å². The summed E-state index contributed by atoms with van der Waals surface area (Å²) in [5.41, 5.74) is 0.732. The summed E-state index contributed by atoms with van der Waals surface area (Å²) in [4.78, 5) is 48.3. The highest BCUT2D eigenvalue weighted by Crippen LogP contribution is 2.26. The zero-order chi connectivity index (χ0) is 19.6. The number of ether oxygens (including phenoxy) is 1. The predicted octanol–water partition coefficient (Wildman–Crippen LogP) is 2.84. The SMILES string of the molecule is C/C=C(\C(=O)OCc1ccc([N+](=O)[O-])cc1)N1C(=O)c2ccccc2C1=O. The summed E-state index contributed by atoms with van der Waals surface area (Å²) in [6.45, 7) is 1.36. The fourth-order valence-corrected chi connectivity index (χ4v) is 2.68. The molecular formula is C19H14N2O6. The van der Waals surface area contributed by atoms with Gasteiger partial charge in [0.2, 0.25) is 0 Å². The summed E-state index contributed by atoms with van der Waals surface area (Å²) in [5.74, 6) is -2.02. The zero-order valence-electron chi connectivity index (χ0n) is 14.2. The molecule has 0 N–H and O–H groups in total. The van der Waals surface area contributed by atoms with Crippen LogP contribution >= 0.6 is 0 Å². The number of fused-ring (bicyclic) bond motifs is 1. The number of imide groups is 1. The van der Waals surface area contributed by atoms with E-state index in [0.717, 1.165) is 4.90 Å². The summed E-state index contributed by atoms with van der Waals surface area (Å²) in [7, 11) is 0. The van der Waals surface area contributed by atoms with Crippen molar-refractivity contribution in [1.82, 2.24) is 4.90 Å². The third kappa shape index (κ3) is 3.32. The number of esters is 1. The highest BCUT2D eigenvalue weighted by molar-refractivity contribution is 6.24. The zero-order valence-corrected chi connectivity index (χ0v) is 14.2. The van der Waals surface area contributed by atoms with Gasteiger partial charge in [0, 0.05) is 12.1 Å². The van der Waals surface area contributed by atoms with Crippen LogP contribution in [0.2, 0.25) is 0 Å².